The lowest BCUT2D eigenvalue weighted by Crippen LogP contribution is -2.47. The van der Waals surface area contributed by atoms with Gasteiger partial charge in [-0.15, -0.1) is 0 Å². The van der Waals surface area contributed by atoms with Crippen LogP contribution in [0.5, 0.6) is 0 Å². The van der Waals surface area contributed by atoms with Crippen LogP contribution in [0.4, 0.5) is 13.2 Å². The van der Waals surface area contributed by atoms with Gasteiger partial charge in [0, 0.05) is 18.2 Å². The van der Waals surface area contributed by atoms with Crippen molar-refractivity contribution in [1.82, 2.24) is 4.90 Å². The quantitative estimate of drug-likeness (QED) is 0.846. The van der Waals surface area contributed by atoms with Gasteiger partial charge in [-0.25, -0.2) is 13.2 Å². The van der Waals surface area contributed by atoms with Gasteiger partial charge in [-0.05, 0) is 27.0 Å². The van der Waals surface area contributed by atoms with Crippen LogP contribution < -0.4 is 0 Å². The van der Waals surface area contributed by atoms with Crippen molar-refractivity contribution in [3.8, 4) is 0 Å². The number of halogens is 3. The summed E-state index contributed by atoms with van der Waals surface area (Å²) in [6.45, 7) is 2.74. The highest BCUT2D eigenvalue weighted by Gasteiger charge is 2.32. The highest BCUT2D eigenvalue weighted by molar-refractivity contribution is 5.77. The minimum Gasteiger partial charge on any atom is -0.480 e. The van der Waals surface area contributed by atoms with Gasteiger partial charge in [-0.3, -0.25) is 9.69 Å². The van der Waals surface area contributed by atoms with Gasteiger partial charge in [-0.2, -0.15) is 0 Å². The average Bonchev–Trinajstić information content (AvgIpc) is 2.25. The summed E-state index contributed by atoms with van der Waals surface area (Å²) in [5, 5.41) is 8.99. The molecule has 100 valence electrons. The van der Waals surface area contributed by atoms with Crippen molar-refractivity contribution in [3.63, 3.8) is 0 Å². The van der Waals surface area contributed by atoms with Crippen LogP contribution in [0.15, 0.2) is 12.1 Å². The van der Waals surface area contributed by atoms with Crippen molar-refractivity contribution in [2.45, 2.75) is 25.9 Å². The van der Waals surface area contributed by atoms with Gasteiger partial charge < -0.3 is 5.11 Å². The second-order valence-electron chi connectivity index (χ2n) is 4.58. The van der Waals surface area contributed by atoms with E-state index in [2.05, 4.69) is 0 Å². The predicted molar refractivity (Wildman–Crippen MR) is 59.5 cm³/mol. The zero-order chi connectivity index (χ0) is 14.1. The van der Waals surface area contributed by atoms with E-state index in [1.807, 2.05) is 0 Å². The number of carboxylic acids is 1. The topological polar surface area (TPSA) is 40.5 Å². The molecule has 0 saturated heterocycles. The van der Waals surface area contributed by atoms with E-state index in [4.69, 9.17) is 5.11 Å². The molecule has 1 rings (SSSR count). The molecule has 0 radical (unpaired) electrons. The second kappa shape index (κ2) is 4.97. The molecular weight excluding hydrogens is 247 g/mol. The molecule has 1 aromatic carbocycles. The van der Waals surface area contributed by atoms with Crippen molar-refractivity contribution in [1.29, 1.82) is 0 Å². The Balaban J connectivity index is 2.99. The lowest BCUT2D eigenvalue weighted by molar-refractivity contribution is -0.148. The Labute approximate surface area is 103 Å². The van der Waals surface area contributed by atoms with E-state index in [0.717, 1.165) is 6.07 Å². The van der Waals surface area contributed by atoms with Gasteiger partial charge in [0.25, 0.3) is 0 Å². The Morgan fingerprint density at radius 2 is 1.72 bits per heavy atom. The van der Waals surface area contributed by atoms with E-state index in [0.29, 0.717) is 6.07 Å². The minimum atomic E-state index is -1.27. The van der Waals surface area contributed by atoms with E-state index >= 15 is 0 Å². The van der Waals surface area contributed by atoms with E-state index < -0.39 is 29.0 Å². The third-order valence-electron chi connectivity index (χ3n) is 2.97. The molecule has 0 amide bonds. The number of nitrogens with zero attached hydrogens (tertiary/aromatic N) is 1. The maximum Gasteiger partial charge on any atom is 0.323 e. The summed E-state index contributed by atoms with van der Waals surface area (Å²) in [6, 6.07) is 1.19. The van der Waals surface area contributed by atoms with Crippen LogP contribution in [-0.4, -0.2) is 28.6 Å². The molecular formula is C12H14F3NO2. The van der Waals surface area contributed by atoms with Gasteiger partial charge in [0.2, 0.25) is 0 Å². The molecule has 0 aliphatic carbocycles. The molecule has 6 heteroatoms. The number of hydrogen-bond donors (Lipinski definition) is 1. The number of aliphatic carboxylic acids is 1. The highest BCUT2D eigenvalue weighted by Crippen LogP contribution is 2.20. The van der Waals surface area contributed by atoms with Crippen LogP contribution in [0.2, 0.25) is 0 Å². The van der Waals surface area contributed by atoms with E-state index in [1.165, 1.54) is 25.8 Å². The smallest absolute Gasteiger partial charge is 0.323 e. The van der Waals surface area contributed by atoms with Crippen LogP contribution >= 0.6 is 0 Å². The molecule has 0 bridgehead atoms. The molecule has 0 aliphatic rings. The van der Waals surface area contributed by atoms with Crippen LogP contribution in [0.1, 0.15) is 19.4 Å². The van der Waals surface area contributed by atoms with Crippen molar-refractivity contribution in [2.24, 2.45) is 0 Å². The van der Waals surface area contributed by atoms with Crippen LogP contribution in [-0.2, 0) is 11.3 Å². The maximum absolute atomic E-state index is 13.4. The molecule has 0 heterocycles. The van der Waals surface area contributed by atoms with Gasteiger partial charge in [-0.1, -0.05) is 0 Å². The Morgan fingerprint density at radius 3 is 2.22 bits per heavy atom. The molecule has 0 spiro atoms. The fourth-order valence-electron chi connectivity index (χ4n) is 1.30. The van der Waals surface area contributed by atoms with Crippen molar-refractivity contribution in [3.05, 3.63) is 35.1 Å². The lowest BCUT2D eigenvalue weighted by Gasteiger charge is -2.31. The number of likely N-dealkylation sites (N-methyl/N-ethyl adjacent to an activating group) is 1. The fraction of sp³-hybridized carbons (Fsp3) is 0.417. The summed E-state index contributed by atoms with van der Waals surface area (Å²) < 4.78 is 39.1. The molecule has 0 unspecified atom stereocenters. The molecule has 1 N–H and O–H groups in total. The lowest BCUT2D eigenvalue weighted by atomic mass is 10.0. The first-order valence-electron chi connectivity index (χ1n) is 5.24. The number of carbonyl (C=O) groups is 1. The largest absolute Gasteiger partial charge is 0.480 e. The highest BCUT2D eigenvalue weighted by atomic mass is 19.2. The summed E-state index contributed by atoms with van der Waals surface area (Å²) in [5.74, 6) is -4.42. The first kappa shape index (κ1) is 14.5. The maximum atomic E-state index is 13.4. The van der Waals surface area contributed by atoms with Gasteiger partial charge >= 0.3 is 5.97 Å². The zero-order valence-electron chi connectivity index (χ0n) is 10.3. The summed E-state index contributed by atoms with van der Waals surface area (Å²) in [4.78, 5) is 12.3. The molecule has 1 aromatic rings. The van der Waals surface area contributed by atoms with Crippen LogP contribution in [0.25, 0.3) is 0 Å². The van der Waals surface area contributed by atoms with Crippen molar-refractivity contribution >= 4 is 5.97 Å². The first-order chi connectivity index (χ1) is 8.16. The summed E-state index contributed by atoms with van der Waals surface area (Å²) in [7, 11) is 1.47. The third-order valence-corrected chi connectivity index (χ3v) is 2.97. The summed E-state index contributed by atoms with van der Waals surface area (Å²) in [5.41, 5.74) is -1.33. The molecule has 0 atom stereocenters. The van der Waals surface area contributed by atoms with Crippen molar-refractivity contribution in [2.75, 3.05) is 7.05 Å². The molecule has 0 saturated carbocycles. The van der Waals surface area contributed by atoms with Crippen LogP contribution in [0, 0.1) is 17.5 Å². The van der Waals surface area contributed by atoms with Gasteiger partial charge in [0.15, 0.2) is 11.6 Å². The number of carboxylic acid groups (broad SMARTS) is 1. The zero-order valence-corrected chi connectivity index (χ0v) is 10.3. The molecule has 0 aromatic heterocycles. The van der Waals surface area contributed by atoms with Crippen molar-refractivity contribution < 1.29 is 23.1 Å². The Hall–Kier alpha value is -1.56. The fourth-order valence-corrected chi connectivity index (χ4v) is 1.30. The SMILES string of the molecule is CN(Cc1cc(F)c(F)cc1F)C(C)(C)C(=O)O. The standard InChI is InChI=1S/C12H14F3NO2/c1-12(2,11(17)18)16(3)6-7-4-9(14)10(15)5-8(7)13/h4-5H,6H2,1-3H3,(H,17,18). The number of benzene rings is 1. The first-order valence-corrected chi connectivity index (χ1v) is 5.24. The monoisotopic (exact) mass is 261 g/mol. The molecule has 3 nitrogen and oxygen atoms in total. The van der Waals surface area contributed by atoms with Crippen LogP contribution in [0.3, 0.4) is 0 Å². The van der Waals surface area contributed by atoms with Gasteiger partial charge in [0.1, 0.15) is 11.4 Å². The number of rotatable bonds is 4. The Bertz CT molecular complexity index is 475. The predicted octanol–water partition coefficient (Wildman–Crippen LogP) is 2.40. The average molecular weight is 261 g/mol. The summed E-state index contributed by atoms with van der Waals surface area (Å²) in [6.07, 6.45) is 0. The second-order valence-corrected chi connectivity index (χ2v) is 4.58. The minimum absolute atomic E-state index is 0.0919. The van der Waals surface area contributed by atoms with E-state index in [9.17, 15) is 18.0 Å². The molecule has 18 heavy (non-hydrogen) atoms. The Kier molecular flexibility index (Phi) is 4.01. The number of hydrogen-bond acceptors (Lipinski definition) is 2. The molecule has 0 aliphatic heterocycles. The Morgan fingerprint density at radius 1 is 1.22 bits per heavy atom. The van der Waals surface area contributed by atoms with E-state index in [-0.39, 0.29) is 12.1 Å². The normalized spacial score (nSPS) is 11.9. The third kappa shape index (κ3) is 2.81. The van der Waals surface area contributed by atoms with E-state index in [1.54, 1.807) is 0 Å². The molecule has 0 fully saturated rings. The summed E-state index contributed by atoms with van der Waals surface area (Å²) >= 11 is 0. The van der Waals surface area contributed by atoms with Gasteiger partial charge in [0.05, 0.1) is 0 Å².